The van der Waals surface area contributed by atoms with Gasteiger partial charge in [0, 0.05) is 18.0 Å². The number of carbonyl (C=O) groups excluding carboxylic acids is 1. The van der Waals surface area contributed by atoms with E-state index in [9.17, 15) is 4.79 Å². The summed E-state index contributed by atoms with van der Waals surface area (Å²) in [5.74, 6) is 1.95. The number of hydrogen-bond acceptors (Lipinski definition) is 5. The lowest BCUT2D eigenvalue weighted by Crippen LogP contribution is -2.31. The van der Waals surface area contributed by atoms with Gasteiger partial charge in [-0.3, -0.25) is 9.69 Å². The largest absolute Gasteiger partial charge is 0.478 e. The van der Waals surface area contributed by atoms with E-state index in [1.807, 2.05) is 26.8 Å². The van der Waals surface area contributed by atoms with Crippen LogP contribution >= 0.6 is 11.3 Å². The van der Waals surface area contributed by atoms with Crippen LogP contribution in [0, 0.1) is 6.92 Å². The molecule has 4 nitrogen and oxygen atoms in total. The molecule has 0 radical (unpaired) electrons. The van der Waals surface area contributed by atoms with E-state index >= 15 is 0 Å². The summed E-state index contributed by atoms with van der Waals surface area (Å²) in [5.41, 5.74) is 3.47. The number of allylic oxidation sites excluding steroid dienone is 2. The normalized spacial score (nSPS) is 16.5. The van der Waals surface area contributed by atoms with Crippen molar-refractivity contribution in [1.29, 1.82) is 0 Å². The molecule has 2 aliphatic rings. The van der Waals surface area contributed by atoms with Crippen molar-refractivity contribution in [2.75, 3.05) is 6.73 Å². The molecule has 1 aromatic heterocycles. The standard InChI is InChI=1S/C19H19NO3S/c1-11(2)18-17(21)16-12(3)7-15-14(19(16)23-18)9-20(10-22-15)8-13-5-4-6-24-13/h4-7H,8-10H2,1-3H3. The quantitative estimate of drug-likeness (QED) is 0.765. The number of rotatable bonds is 2. The van der Waals surface area contributed by atoms with Crippen molar-refractivity contribution in [3.8, 4) is 11.5 Å². The smallest absolute Gasteiger partial charge is 0.232 e. The third-order valence-electron chi connectivity index (χ3n) is 4.38. The number of Topliss-reactive ketones (excluding diaryl/α,β-unsaturated/α-hetero) is 1. The molecule has 24 heavy (non-hydrogen) atoms. The number of ketones is 1. The lowest BCUT2D eigenvalue weighted by molar-refractivity contribution is 0.0881. The molecule has 4 rings (SSSR count). The van der Waals surface area contributed by atoms with Gasteiger partial charge in [-0.05, 0) is 49.4 Å². The molecule has 0 saturated carbocycles. The minimum atomic E-state index is -0.0133. The van der Waals surface area contributed by atoms with E-state index in [1.165, 1.54) is 4.88 Å². The molecule has 0 spiro atoms. The fraction of sp³-hybridized carbons (Fsp3) is 0.316. The monoisotopic (exact) mass is 341 g/mol. The van der Waals surface area contributed by atoms with Crippen LogP contribution in [0.1, 0.15) is 40.2 Å². The van der Waals surface area contributed by atoms with E-state index in [0.717, 1.165) is 35.5 Å². The second kappa shape index (κ2) is 5.76. The highest BCUT2D eigenvalue weighted by atomic mass is 32.1. The molecule has 0 amide bonds. The maximum absolute atomic E-state index is 12.6. The van der Waals surface area contributed by atoms with Crippen molar-refractivity contribution in [3.05, 3.63) is 56.5 Å². The molecule has 0 bridgehead atoms. The molecule has 0 atom stereocenters. The lowest BCUT2D eigenvalue weighted by Gasteiger charge is -2.29. The predicted octanol–water partition coefficient (Wildman–Crippen LogP) is 4.28. The van der Waals surface area contributed by atoms with Crippen molar-refractivity contribution in [2.24, 2.45) is 0 Å². The van der Waals surface area contributed by atoms with E-state index in [4.69, 9.17) is 9.47 Å². The number of benzene rings is 1. The van der Waals surface area contributed by atoms with E-state index < -0.39 is 0 Å². The van der Waals surface area contributed by atoms with Gasteiger partial charge in [-0.25, -0.2) is 0 Å². The Morgan fingerprint density at radius 1 is 1.38 bits per heavy atom. The van der Waals surface area contributed by atoms with Crippen LogP contribution in [-0.2, 0) is 13.1 Å². The number of nitrogens with zero attached hydrogens (tertiary/aromatic N) is 1. The number of thiophene rings is 1. The van der Waals surface area contributed by atoms with Crippen LogP contribution < -0.4 is 9.47 Å². The van der Waals surface area contributed by atoms with E-state index in [1.54, 1.807) is 11.3 Å². The Hall–Kier alpha value is -2.11. The molecule has 0 saturated heterocycles. The first-order valence-electron chi connectivity index (χ1n) is 7.98. The van der Waals surface area contributed by atoms with Gasteiger partial charge in [0.25, 0.3) is 0 Å². The van der Waals surface area contributed by atoms with Crippen molar-refractivity contribution in [2.45, 2.75) is 33.9 Å². The molecule has 2 aliphatic heterocycles. The summed E-state index contributed by atoms with van der Waals surface area (Å²) in [6.07, 6.45) is 0. The summed E-state index contributed by atoms with van der Waals surface area (Å²) >= 11 is 1.74. The average Bonchev–Trinajstić information content (AvgIpc) is 3.16. The van der Waals surface area contributed by atoms with Crippen molar-refractivity contribution >= 4 is 17.1 Å². The summed E-state index contributed by atoms with van der Waals surface area (Å²) in [4.78, 5) is 16.2. The molecular weight excluding hydrogens is 322 g/mol. The Kier molecular flexibility index (Phi) is 3.70. The van der Waals surface area contributed by atoms with E-state index in [0.29, 0.717) is 23.8 Å². The molecule has 3 heterocycles. The number of fused-ring (bicyclic) bond motifs is 3. The van der Waals surface area contributed by atoms with Crippen LogP contribution in [0.2, 0.25) is 0 Å². The van der Waals surface area contributed by atoms with Crippen LogP contribution in [0.3, 0.4) is 0 Å². The van der Waals surface area contributed by atoms with Crippen molar-refractivity contribution < 1.29 is 14.3 Å². The third-order valence-corrected chi connectivity index (χ3v) is 5.24. The zero-order valence-corrected chi connectivity index (χ0v) is 14.8. The van der Waals surface area contributed by atoms with Gasteiger partial charge in [0.2, 0.25) is 5.78 Å². The fourth-order valence-corrected chi connectivity index (χ4v) is 3.96. The van der Waals surface area contributed by atoms with Crippen molar-refractivity contribution in [3.63, 3.8) is 0 Å². The SMILES string of the molecule is CC(C)=C1Oc2c3c(cc(C)c2C1=O)OCN(Cc1cccs1)C3. The van der Waals surface area contributed by atoms with Gasteiger partial charge < -0.3 is 9.47 Å². The Morgan fingerprint density at radius 2 is 2.21 bits per heavy atom. The van der Waals surface area contributed by atoms with Crippen molar-refractivity contribution in [1.82, 2.24) is 4.90 Å². The summed E-state index contributed by atoms with van der Waals surface area (Å²) in [6.45, 7) is 7.85. The number of hydrogen-bond donors (Lipinski definition) is 0. The zero-order valence-electron chi connectivity index (χ0n) is 14.0. The first kappa shape index (κ1) is 15.4. The minimum Gasteiger partial charge on any atom is -0.478 e. The molecule has 124 valence electrons. The Morgan fingerprint density at radius 3 is 2.92 bits per heavy atom. The molecular formula is C19H19NO3S. The van der Waals surface area contributed by atoms with Crippen LogP contribution in [-0.4, -0.2) is 17.4 Å². The summed E-state index contributed by atoms with van der Waals surface area (Å²) in [7, 11) is 0. The van der Waals surface area contributed by atoms with E-state index in [2.05, 4.69) is 22.4 Å². The van der Waals surface area contributed by atoms with Gasteiger partial charge in [0.05, 0.1) is 11.1 Å². The molecule has 0 unspecified atom stereocenters. The molecule has 2 aromatic rings. The second-order valence-corrected chi connectivity index (χ2v) is 7.51. The Labute approximate surface area is 145 Å². The maximum Gasteiger partial charge on any atom is 0.232 e. The average molecular weight is 341 g/mol. The fourth-order valence-electron chi connectivity index (χ4n) is 3.22. The number of carbonyl (C=O) groups is 1. The molecule has 1 aromatic carbocycles. The van der Waals surface area contributed by atoms with Crippen LogP contribution in [0.4, 0.5) is 0 Å². The minimum absolute atomic E-state index is 0.0133. The second-order valence-electron chi connectivity index (χ2n) is 6.47. The Bertz CT molecular complexity index is 848. The van der Waals surface area contributed by atoms with Gasteiger partial charge in [0.1, 0.15) is 18.2 Å². The molecule has 0 N–H and O–H groups in total. The van der Waals surface area contributed by atoms with Gasteiger partial charge in [-0.1, -0.05) is 6.07 Å². The first-order chi connectivity index (χ1) is 11.5. The lowest BCUT2D eigenvalue weighted by atomic mass is 9.98. The predicted molar refractivity (Wildman–Crippen MR) is 93.6 cm³/mol. The third kappa shape index (κ3) is 2.44. The van der Waals surface area contributed by atoms with Gasteiger partial charge in [-0.2, -0.15) is 0 Å². The highest BCUT2D eigenvalue weighted by Gasteiger charge is 2.35. The number of aryl methyl sites for hydroxylation is 1. The molecule has 0 fully saturated rings. The zero-order chi connectivity index (χ0) is 16.8. The Balaban J connectivity index is 1.72. The summed E-state index contributed by atoms with van der Waals surface area (Å²) in [5, 5.41) is 2.08. The van der Waals surface area contributed by atoms with Gasteiger partial charge >= 0.3 is 0 Å². The van der Waals surface area contributed by atoms with Crippen LogP contribution in [0.5, 0.6) is 11.5 Å². The highest BCUT2D eigenvalue weighted by molar-refractivity contribution is 7.09. The van der Waals surface area contributed by atoms with Crippen LogP contribution in [0.15, 0.2) is 34.9 Å². The topological polar surface area (TPSA) is 38.8 Å². The summed E-state index contributed by atoms with van der Waals surface area (Å²) in [6, 6.07) is 6.15. The number of ether oxygens (including phenoxy) is 2. The van der Waals surface area contributed by atoms with Crippen LogP contribution in [0.25, 0.3) is 0 Å². The maximum atomic E-state index is 12.6. The van der Waals surface area contributed by atoms with Gasteiger partial charge in [-0.15, -0.1) is 11.3 Å². The molecule has 0 aliphatic carbocycles. The van der Waals surface area contributed by atoms with E-state index in [-0.39, 0.29) is 5.78 Å². The summed E-state index contributed by atoms with van der Waals surface area (Å²) < 4.78 is 11.9. The molecule has 5 heteroatoms. The first-order valence-corrected chi connectivity index (χ1v) is 8.86. The highest BCUT2D eigenvalue weighted by Crippen LogP contribution is 2.44. The van der Waals surface area contributed by atoms with Gasteiger partial charge in [0.15, 0.2) is 5.76 Å².